The largest absolute Gasteiger partial charge is 0.351 e. The molecule has 0 radical (unpaired) electrons. The molecule has 2 rings (SSSR count). The van der Waals surface area contributed by atoms with Crippen LogP contribution >= 0.6 is 0 Å². The Morgan fingerprint density at radius 3 is 2.81 bits per heavy atom. The molecule has 1 fully saturated rings. The molecule has 1 aliphatic heterocycles. The summed E-state index contributed by atoms with van der Waals surface area (Å²) >= 11 is 0. The lowest BCUT2D eigenvalue weighted by Gasteiger charge is -2.34. The molecule has 0 aliphatic carbocycles. The fourth-order valence-electron chi connectivity index (χ4n) is 2.05. The Balaban J connectivity index is 1.97. The van der Waals surface area contributed by atoms with Gasteiger partial charge in [-0.25, -0.2) is 0 Å². The van der Waals surface area contributed by atoms with Crippen molar-refractivity contribution in [3.8, 4) is 0 Å². The van der Waals surface area contributed by atoms with Gasteiger partial charge in [0.05, 0.1) is 6.20 Å². The lowest BCUT2D eigenvalue weighted by molar-refractivity contribution is 0.0619. The van der Waals surface area contributed by atoms with Crippen molar-refractivity contribution in [2.75, 3.05) is 27.2 Å². The summed E-state index contributed by atoms with van der Waals surface area (Å²) in [4.78, 5) is 16.0. The predicted molar refractivity (Wildman–Crippen MR) is 59.1 cm³/mol. The minimum atomic E-state index is -0.0768. The summed E-state index contributed by atoms with van der Waals surface area (Å²) in [6.07, 6.45) is 3.54. The smallest absolute Gasteiger partial charge is 0.292 e. The number of likely N-dealkylation sites (tertiary alicyclic amines) is 1. The number of nitrogens with zero attached hydrogens (tertiary/aromatic N) is 3. The lowest BCUT2D eigenvalue weighted by atomic mass is 10.0. The van der Waals surface area contributed by atoms with Gasteiger partial charge in [-0.3, -0.25) is 4.79 Å². The Kier molecular flexibility index (Phi) is 3.24. The fourth-order valence-corrected chi connectivity index (χ4v) is 2.05. The third-order valence-corrected chi connectivity index (χ3v) is 3.20. The number of hydrogen-bond donors (Lipinski definition) is 0. The number of hydrogen-bond acceptors (Lipinski definition) is 4. The summed E-state index contributed by atoms with van der Waals surface area (Å²) in [6, 6.07) is 1.92. The zero-order valence-corrected chi connectivity index (χ0v) is 9.72. The monoisotopic (exact) mass is 223 g/mol. The molecule has 1 saturated heterocycles. The van der Waals surface area contributed by atoms with Crippen molar-refractivity contribution < 1.29 is 9.32 Å². The van der Waals surface area contributed by atoms with E-state index >= 15 is 0 Å². The first-order chi connectivity index (χ1) is 7.68. The minimum Gasteiger partial charge on any atom is -0.351 e. The van der Waals surface area contributed by atoms with E-state index in [0.29, 0.717) is 11.8 Å². The molecule has 0 atom stereocenters. The van der Waals surface area contributed by atoms with Crippen molar-refractivity contribution in [1.82, 2.24) is 15.0 Å². The van der Waals surface area contributed by atoms with Gasteiger partial charge >= 0.3 is 0 Å². The van der Waals surface area contributed by atoms with Crippen LogP contribution in [0, 0.1) is 0 Å². The highest BCUT2D eigenvalue weighted by Crippen LogP contribution is 2.16. The van der Waals surface area contributed by atoms with E-state index in [1.807, 2.05) is 7.05 Å². The number of amides is 1. The maximum Gasteiger partial charge on any atom is 0.292 e. The van der Waals surface area contributed by atoms with Crippen LogP contribution in [0.3, 0.4) is 0 Å². The standard InChI is InChI=1S/C11H17N3O2/c1-13-7-4-9(5-8-13)14(2)11(15)10-3-6-12-16-10/h3,6,9H,4-5,7-8H2,1-2H3. The van der Waals surface area contributed by atoms with Crippen LogP contribution in [-0.4, -0.2) is 54.1 Å². The third kappa shape index (κ3) is 2.24. The van der Waals surface area contributed by atoms with E-state index in [2.05, 4.69) is 17.1 Å². The number of carbonyl (C=O) groups excluding carboxylic acids is 1. The van der Waals surface area contributed by atoms with Crippen LogP contribution in [0.1, 0.15) is 23.4 Å². The van der Waals surface area contributed by atoms with E-state index in [4.69, 9.17) is 4.52 Å². The molecule has 1 aliphatic rings. The third-order valence-electron chi connectivity index (χ3n) is 3.20. The van der Waals surface area contributed by atoms with Crippen LogP contribution < -0.4 is 0 Å². The first-order valence-electron chi connectivity index (χ1n) is 5.55. The van der Waals surface area contributed by atoms with E-state index in [-0.39, 0.29) is 5.91 Å². The molecule has 0 saturated carbocycles. The van der Waals surface area contributed by atoms with Crippen LogP contribution in [-0.2, 0) is 0 Å². The molecule has 5 nitrogen and oxygen atoms in total. The van der Waals surface area contributed by atoms with Crippen molar-refractivity contribution in [1.29, 1.82) is 0 Å². The van der Waals surface area contributed by atoms with Gasteiger partial charge in [0.25, 0.3) is 5.91 Å². The van der Waals surface area contributed by atoms with E-state index in [0.717, 1.165) is 25.9 Å². The highest BCUT2D eigenvalue weighted by molar-refractivity contribution is 5.91. The fraction of sp³-hybridized carbons (Fsp3) is 0.636. The van der Waals surface area contributed by atoms with Crippen molar-refractivity contribution in [2.24, 2.45) is 0 Å². The lowest BCUT2D eigenvalue weighted by Crippen LogP contribution is -2.44. The molecule has 0 bridgehead atoms. The summed E-state index contributed by atoms with van der Waals surface area (Å²) in [5.41, 5.74) is 0. The summed E-state index contributed by atoms with van der Waals surface area (Å²) in [5.74, 6) is 0.244. The molecule has 0 aromatic carbocycles. The van der Waals surface area contributed by atoms with Gasteiger partial charge in [-0.2, -0.15) is 0 Å². The molecule has 1 amide bonds. The van der Waals surface area contributed by atoms with Crippen LogP contribution in [0.2, 0.25) is 0 Å². The van der Waals surface area contributed by atoms with Crippen molar-refractivity contribution in [3.63, 3.8) is 0 Å². The minimum absolute atomic E-state index is 0.0768. The molecule has 5 heteroatoms. The Morgan fingerprint density at radius 1 is 1.56 bits per heavy atom. The molecule has 2 heterocycles. The maximum absolute atomic E-state index is 12.0. The molecule has 1 aromatic rings. The number of rotatable bonds is 2. The number of aromatic nitrogens is 1. The molecule has 0 spiro atoms. The van der Waals surface area contributed by atoms with E-state index in [1.54, 1.807) is 11.0 Å². The Labute approximate surface area is 95.0 Å². The number of carbonyl (C=O) groups is 1. The second-order valence-corrected chi connectivity index (χ2v) is 4.33. The predicted octanol–water partition coefficient (Wildman–Crippen LogP) is 0.841. The summed E-state index contributed by atoms with van der Waals surface area (Å²) in [7, 11) is 3.94. The van der Waals surface area contributed by atoms with Gasteiger partial charge in [0.2, 0.25) is 5.76 Å². The Hall–Kier alpha value is -1.36. The van der Waals surface area contributed by atoms with Crippen LogP contribution in [0.4, 0.5) is 0 Å². The summed E-state index contributed by atoms with van der Waals surface area (Å²) in [5, 5.41) is 3.55. The molecule has 0 unspecified atom stereocenters. The van der Waals surface area contributed by atoms with E-state index in [9.17, 15) is 4.79 Å². The number of piperidine rings is 1. The molecular formula is C11H17N3O2. The van der Waals surface area contributed by atoms with Crippen LogP contribution in [0.15, 0.2) is 16.8 Å². The molecule has 16 heavy (non-hydrogen) atoms. The zero-order valence-electron chi connectivity index (χ0n) is 9.72. The van der Waals surface area contributed by atoms with Gasteiger partial charge in [0, 0.05) is 19.2 Å². The van der Waals surface area contributed by atoms with Crippen molar-refractivity contribution >= 4 is 5.91 Å². The zero-order chi connectivity index (χ0) is 11.5. The van der Waals surface area contributed by atoms with Crippen LogP contribution in [0.25, 0.3) is 0 Å². The molecule has 1 aromatic heterocycles. The van der Waals surface area contributed by atoms with Gasteiger partial charge in [0.1, 0.15) is 0 Å². The first kappa shape index (κ1) is 11.1. The van der Waals surface area contributed by atoms with Gasteiger partial charge in [0.15, 0.2) is 0 Å². The Morgan fingerprint density at radius 2 is 2.25 bits per heavy atom. The van der Waals surface area contributed by atoms with Crippen molar-refractivity contribution in [3.05, 3.63) is 18.0 Å². The van der Waals surface area contributed by atoms with Crippen molar-refractivity contribution in [2.45, 2.75) is 18.9 Å². The molecular weight excluding hydrogens is 206 g/mol. The van der Waals surface area contributed by atoms with E-state index < -0.39 is 0 Å². The topological polar surface area (TPSA) is 49.6 Å². The highest BCUT2D eigenvalue weighted by atomic mass is 16.5. The second kappa shape index (κ2) is 4.65. The Bertz CT molecular complexity index is 342. The van der Waals surface area contributed by atoms with Gasteiger partial charge in [-0.05, 0) is 33.0 Å². The molecule has 0 N–H and O–H groups in total. The normalized spacial score (nSPS) is 18.6. The van der Waals surface area contributed by atoms with Gasteiger partial charge < -0.3 is 14.3 Å². The highest BCUT2D eigenvalue weighted by Gasteiger charge is 2.26. The molecule has 88 valence electrons. The summed E-state index contributed by atoms with van der Waals surface area (Å²) < 4.78 is 4.88. The summed E-state index contributed by atoms with van der Waals surface area (Å²) in [6.45, 7) is 2.08. The first-order valence-corrected chi connectivity index (χ1v) is 5.55. The maximum atomic E-state index is 12.0. The van der Waals surface area contributed by atoms with Gasteiger partial charge in [-0.15, -0.1) is 0 Å². The average Bonchev–Trinajstić information content (AvgIpc) is 2.81. The van der Waals surface area contributed by atoms with Crippen LogP contribution in [0.5, 0.6) is 0 Å². The SMILES string of the molecule is CN1CCC(N(C)C(=O)c2ccno2)CC1. The van der Waals surface area contributed by atoms with E-state index in [1.165, 1.54) is 6.20 Å². The quantitative estimate of drug-likeness (QED) is 0.745. The van der Waals surface area contributed by atoms with Gasteiger partial charge in [-0.1, -0.05) is 5.16 Å². The second-order valence-electron chi connectivity index (χ2n) is 4.33. The average molecular weight is 223 g/mol.